The summed E-state index contributed by atoms with van der Waals surface area (Å²) in [6.07, 6.45) is 1.18. The molecule has 0 spiro atoms. The average molecular weight is 302 g/mol. The van der Waals surface area contributed by atoms with Crippen molar-refractivity contribution in [3.05, 3.63) is 11.4 Å². The molecule has 0 saturated carbocycles. The van der Waals surface area contributed by atoms with Crippen LogP contribution in [0.3, 0.4) is 0 Å². The van der Waals surface area contributed by atoms with Gasteiger partial charge in [0.25, 0.3) is 5.91 Å². The third-order valence-electron chi connectivity index (χ3n) is 3.36. The van der Waals surface area contributed by atoms with E-state index in [1.807, 2.05) is 20.8 Å². The van der Waals surface area contributed by atoms with Crippen LogP contribution < -0.4 is 5.14 Å². The summed E-state index contributed by atoms with van der Waals surface area (Å²) in [6.45, 7) is 7.96. The van der Waals surface area contributed by atoms with E-state index in [0.717, 1.165) is 6.42 Å². The van der Waals surface area contributed by atoms with Crippen molar-refractivity contribution >= 4 is 15.9 Å². The number of nitrogens with zero attached hydrogens (tertiary/aromatic N) is 2. The van der Waals surface area contributed by atoms with Crippen LogP contribution in [0.25, 0.3) is 0 Å². The number of carbonyl (C=O) groups is 1. The van der Waals surface area contributed by atoms with Gasteiger partial charge in [-0.1, -0.05) is 13.8 Å². The standard InChI is InChI=1S/C12H22N4O3S/c1-5-8(4)16(7-3)12(17)10-11(20(13,18)19)9(6-2)14-15-10/h8H,5-7H2,1-4H3,(H,14,15)(H2,13,18,19). The third-order valence-corrected chi connectivity index (χ3v) is 4.37. The molecule has 1 atom stereocenters. The maximum Gasteiger partial charge on any atom is 0.276 e. The fraction of sp³-hybridized carbons (Fsp3) is 0.667. The minimum atomic E-state index is -3.99. The molecule has 1 rings (SSSR count). The molecule has 1 unspecified atom stereocenters. The van der Waals surface area contributed by atoms with E-state index in [9.17, 15) is 13.2 Å². The fourth-order valence-electron chi connectivity index (χ4n) is 2.07. The Morgan fingerprint density at radius 3 is 2.40 bits per heavy atom. The summed E-state index contributed by atoms with van der Waals surface area (Å²) in [5.74, 6) is -0.415. The molecule has 0 radical (unpaired) electrons. The van der Waals surface area contributed by atoms with Crippen LogP contribution in [0.4, 0.5) is 0 Å². The highest BCUT2D eigenvalue weighted by atomic mass is 32.2. The van der Waals surface area contributed by atoms with Crippen molar-refractivity contribution in [1.82, 2.24) is 15.1 Å². The maximum absolute atomic E-state index is 12.5. The van der Waals surface area contributed by atoms with Crippen molar-refractivity contribution in [2.45, 2.75) is 51.5 Å². The molecule has 0 aliphatic carbocycles. The first-order valence-corrected chi connectivity index (χ1v) is 8.23. The number of hydrogen-bond donors (Lipinski definition) is 2. The number of nitrogens with one attached hydrogen (secondary N) is 1. The molecule has 1 amide bonds. The van der Waals surface area contributed by atoms with Gasteiger partial charge in [-0.3, -0.25) is 9.89 Å². The summed E-state index contributed by atoms with van der Waals surface area (Å²) in [5, 5.41) is 11.7. The van der Waals surface area contributed by atoms with Crippen molar-refractivity contribution < 1.29 is 13.2 Å². The van der Waals surface area contributed by atoms with Gasteiger partial charge in [-0.25, -0.2) is 13.6 Å². The first-order valence-electron chi connectivity index (χ1n) is 6.68. The molecule has 0 bridgehead atoms. The lowest BCUT2D eigenvalue weighted by Gasteiger charge is -2.26. The van der Waals surface area contributed by atoms with E-state index in [4.69, 9.17) is 5.14 Å². The van der Waals surface area contributed by atoms with Crippen LogP contribution in [0, 0.1) is 0 Å². The number of amides is 1. The molecule has 1 aromatic heterocycles. The summed E-state index contributed by atoms with van der Waals surface area (Å²) in [5.41, 5.74) is 0.238. The number of primary sulfonamides is 1. The highest BCUT2D eigenvalue weighted by molar-refractivity contribution is 7.89. The molecule has 3 N–H and O–H groups in total. The largest absolute Gasteiger partial charge is 0.335 e. The van der Waals surface area contributed by atoms with Crippen molar-refractivity contribution in [2.24, 2.45) is 5.14 Å². The smallest absolute Gasteiger partial charge is 0.276 e. The second kappa shape index (κ2) is 6.36. The Labute approximate surface area is 119 Å². The fourth-order valence-corrected chi connectivity index (χ4v) is 3.01. The molecule has 0 fully saturated rings. The van der Waals surface area contributed by atoms with E-state index < -0.39 is 15.9 Å². The van der Waals surface area contributed by atoms with Crippen molar-refractivity contribution in [2.75, 3.05) is 6.54 Å². The van der Waals surface area contributed by atoms with Gasteiger partial charge < -0.3 is 4.90 Å². The quantitative estimate of drug-likeness (QED) is 0.812. The summed E-state index contributed by atoms with van der Waals surface area (Å²) in [6, 6.07) is 0.00241. The highest BCUT2D eigenvalue weighted by Crippen LogP contribution is 2.20. The van der Waals surface area contributed by atoms with Gasteiger partial charge in [0.15, 0.2) is 5.69 Å². The van der Waals surface area contributed by atoms with Gasteiger partial charge in [0, 0.05) is 12.6 Å². The Morgan fingerprint density at radius 1 is 1.40 bits per heavy atom. The summed E-state index contributed by atoms with van der Waals surface area (Å²) < 4.78 is 23.4. The number of aryl methyl sites for hydroxylation is 1. The molecule has 1 aromatic rings. The summed E-state index contributed by atoms with van der Waals surface area (Å²) in [7, 11) is -3.99. The Morgan fingerprint density at radius 2 is 2.00 bits per heavy atom. The lowest BCUT2D eigenvalue weighted by Crippen LogP contribution is -2.39. The predicted octanol–water partition coefficient (Wildman–Crippen LogP) is 0.880. The molecule has 0 aromatic carbocycles. The second-order valence-electron chi connectivity index (χ2n) is 4.63. The van der Waals surface area contributed by atoms with E-state index in [2.05, 4.69) is 10.2 Å². The summed E-state index contributed by atoms with van der Waals surface area (Å²) in [4.78, 5) is 13.9. The highest BCUT2D eigenvalue weighted by Gasteiger charge is 2.30. The van der Waals surface area contributed by atoms with Crippen molar-refractivity contribution in [3.63, 3.8) is 0 Å². The number of hydrogen-bond acceptors (Lipinski definition) is 4. The number of sulfonamides is 1. The van der Waals surface area contributed by atoms with Crippen molar-refractivity contribution in [1.29, 1.82) is 0 Å². The van der Waals surface area contributed by atoms with Crippen LogP contribution in [0.15, 0.2) is 4.90 Å². The van der Waals surface area contributed by atoms with E-state index in [1.165, 1.54) is 0 Å². The maximum atomic E-state index is 12.5. The lowest BCUT2D eigenvalue weighted by atomic mass is 10.2. The number of nitrogens with two attached hydrogens (primary N) is 1. The van der Waals surface area contributed by atoms with Gasteiger partial charge in [0.05, 0.1) is 5.69 Å². The van der Waals surface area contributed by atoms with Gasteiger partial charge in [0.2, 0.25) is 10.0 Å². The molecular weight excluding hydrogens is 280 g/mol. The molecule has 0 aliphatic heterocycles. The number of aromatic nitrogens is 2. The monoisotopic (exact) mass is 302 g/mol. The molecule has 1 heterocycles. The van der Waals surface area contributed by atoms with Crippen molar-refractivity contribution in [3.8, 4) is 0 Å². The normalized spacial score (nSPS) is 13.2. The van der Waals surface area contributed by atoms with Gasteiger partial charge in [0.1, 0.15) is 4.90 Å². The second-order valence-corrected chi connectivity index (χ2v) is 6.13. The summed E-state index contributed by atoms with van der Waals surface area (Å²) >= 11 is 0. The Kier molecular flexibility index (Phi) is 5.29. The van der Waals surface area contributed by atoms with E-state index in [1.54, 1.807) is 11.8 Å². The van der Waals surface area contributed by atoms with Crippen LogP contribution >= 0.6 is 0 Å². The van der Waals surface area contributed by atoms with Gasteiger partial charge in [-0.2, -0.15) is 5.10 Å². The van der Waals surface area contributed by atoms with Crippen LogP contribution in [0.5, 0.6) is 0 Å². The Hall–Kier alpha value is -1.41. The van der Waals surface area contributed by atoms with Gasteiger partial charge >= 0.3 is 0 Å². The third kappa shape index (κ3) is 3.18. The minimum Gasteiger partial charge on any atom is -0.335 e. The van der Waals surface area contributed by atoms with Gasteiger partial charge in [-0.15, -0.1) is 0 Å². The lowest BCUT2D eigenvalue weighted by molar-refractivity contribution is 0.0690. The predicted molar refractivity (Wildman–Crippen MR) is 75.8 cm³/mol. The van der Waals surface area contributed by atoms with Gasteiger partial charge in [-0.05, 0) is 26.7 Å². The Balaban J connectivity index is 3.33. The van der Waals surface area contributed by atoms with Crippen LogP contribution in [-0.4, -0.2) is 42.0 Å². The van der Waals surface area contributed by atoms with Crippen LogP contribution in [-0.2, 0) is 16.4 Å². The zero-order valence-corrected chi connectivity index (χ0v) is 13.1. The van der Waals surface area contributed by atoms with Crippen LogP contribution in [0.1, 0.15) is 50.3 Å². The molecular formula is C12H22N4O3S. The minimum absolute atomic E-state index is 0.00241. The molecule has 114 valence electrons. The molecule has 8 heteroatoms. The number of rotatable bonds is 6. The number of H-pyrrole nitrogens is 1. The molecule has 0 saturated heterocycles. The zero-order chi connectivity index (χ0) is 15.5. The van der Waals surface area contributed by atoms with E-state index in [0.29, 0.717) is 18.7 Å². The zero-order valence-electron chi connectivity index (χ0n) is 12.3. The first-order chi connectivity index (χ1) is 9.27. The molecule has 7 nitrogen and oxygen atoms in total. The molecule has 0 aliphatic rings. The average Bonchev–Trinajstić information content (AvgIpc) is 2.82. The first kappa shape index (κ1) is 16.6. The van der Waals surface area contributed by atoms with E-state index >= 15 is 0 Å². The molecule has 20 heavy (non-hydrogen) atoms. The topological polar surface area (TPSA) is 109 Å². The van der Waals surface area contributed by atoms with E-state index in [-0.39, 0.29) is 16.6 Å². The number of aromatic amines is 1. The SMILES string of the molecule is CCc1[nH]nc(C(=O)N(CC)C(C)CC)c1S(N)(=O)=O. The van der Waals surface area contributed by atoms with Crippen LogP contribution in [0.2, 0.25) is 0 Å². The Bertz CT molecular complexity index is 580. The number of carbonyl (C=O) groups excluding carboxylic acids is 1.